The molecule has 0 atom stereocenters. The Labute approximate surface area is 138 Å². The maximum atomic E-state index is 11.8. The molecule has 2 aromatic rings. The van der Waals surface area contributed by atoms with Gasteiger partial charge in [-0.15, -0.1) is 0 Å². The zero-order chi connectivity index (χ0) is 17.4. The van der Waals surface area contributed by atoms with Crippen molar-refractivity contribution in [2.24, 2.45) is 4.99 Å². The number of pyridine rings is 2. The van der Waals surface area contributed by atoms with Gasteiger partial charge >= 0.3 is 5.97 Å². The molecule has 24 heavy (non-hydrogen) atoms. The Kier molecular flexibility index (Phi) is 5.73. The number of rotatable bonds is 5. The number of nitrogens with one attached hydrogen (secondary N) is 2. The Hall–Kier alpha value is -3.55. The maximum absolute atomic E-state index is 11.8. The molecule has 0 bridgehead atoms. The number of carbonyl (C=O) groups excluding carboxylic acids is 1. The molecule has 2 rings (SSSR count). The van der Waals surface area contributed by atoms with Crippen molar-refractivity contribution in [3.05, 3.63) is 66.6 Å². The van der Waals surface area contributed by atoms with Crippen molar-refractivity contribution in [3.63, 3.8) is 0 Å². The molecule has 0 fully saturated rings. The average Bonchev–Trinajstić information content (AvgIpc) is 2.60. The summed E-state index contributed by atoms with van der Waals surface area (Å²) in [6.07, 6.45) is 2.82. The number of amides is 1. The van der Waals surface area contributed by atoms with E-state index in [1.165, 1.54) is 0 Å². The lowest BCUT2D eigenvalue weighted by atomic mass is 10.2. The highest BCUT2D eigenvalue weighted by Gasteiger charge is 2.12. The van der Waals surface area contributed by atoms with Crippen LogP contribution in [0.15, 0.2) is 65.9 Å². The van der Waals surface area contributed by atoms with E-state index in [0.29, 0.717) is 11.5 Å². The van der Waals surface area contributed by atoms with Crippen molar-refractivity contribution < 1.29 is 14.7 Å². The first-order valence-electron chi connectivity index (χ1n) is 6.93. The third-order valence-electron chi connectivity index (χ3n) is 2.78. The number of aliphatic carboxylic acids is 1. The molecule has 0 aliphatic carbocycles. The van der Waals surface area contributed by atoms with Crippen LogP contribution < -0.4 is 10.9 Å². The number of nitrogens with zero attached hydrogens (tertiary/aromatic N) is 3. The van der Waals surface area contributed by atoms with Gasteiger partial charge in [-0.1, -0.05) is 18.7 Å². The molecule has 2 heterocycles. The largest absolute Gasteiger partial charge is 0.478 e. The van der Waals surface area contributed by atoms with Gasteiger partial charge in [-0.25, -0.2) is 14.8 Å². The number of carbonyl (C=O) groups is 2. The zero-order valence-corrected chi connectivity index (χ0v) is 12.6. The van der Waals surface area contributed by atoms with E-state index in [9.17, 15) is 9.59 Å². The van der Waals surface area contributed by atoms with E-state index in [0.717, 1.165) is 0 Å². The van der Waals surface area contributed by atoms with E-state index in [2.05, 4.69) is 32.4 Å². The molecule has 0 aliphatic rings. The number of hydrogen-bond acceptors (Lipinski definition) is 5. The molecule has 0 unspecified atom stereocenters. The molecule has 8 heteroatoms. The van der Waals surface area contributed by atoms with Gasteiger partial charge < -0.3 is 5.11 Å². The first kappa shape index (κ1) is 16.8. The van der Waals surface area contributed by atoms with Gasteiger partial charge in [-0.05, 0) is 24.3 Å². The second-order valence-electron chi connectivity index (χ2n) is 4.62. The Morgan fingerprint density at radius 1 is 1.08 bits per heavy atom. The fourth-order valence-electron chi connectivity index (χ4n) is 1.63. The van der Waals surface area contributed by atoms with Gasteiger partial charge in [0.1, 0.15) is 5.69 Å². The van der Waals surface area contributed by atoms with Crippen molar-refractivity contribution in [1.82, 2.24) is 20.8 Å². The van der Waals surface area contributed by atoms with E-state index < -0.39 is 11.9 Å². The third kappa shape index (κ3) is 5.02. The summed E-state index contributed by atoms with van der Waals surface area (Å²) in [5.74, 6) is -1.09. The minimum atomic E-state index is -1.22. The number of aromatic nitrogens is 2. The Bertz CT molecular complexity index is 760. The normalized spacial score (nSPS) is 10.8. The molecular formula is C16H15N5O3. The van der Waals surface area contributed by atoms with E-state index in [1.807, 2.05) is 0 Å². The van der Waals surface area contributed by atoms with Crippen LogP contribution in [-0.4, -0.2) is 32.8 Å². The van der Waals surface area contributed by atoms with Gasteiger partial charge in [-0.2, -0.15) is 0 Å². The maximum Gasteiger partial charge on any atom is 0.331 e. The Balaban J connectivity index is 2.13. The summed E-state index contributed by atoms with van der Waals surface area (Å²) in [6, 6.07) is 10.4. The summed E-state index contributed by atoms with van der Waals surface area (Å²) >= 11 is 0. The highest BCUT2D eigenvalue weighted by Crippen LogP contribution is 2.07. The minimum absolute atomic E-state index is 0.213. The predicted octanol–water partition coefficient (Wildman–Crippen LogP) is 1.21. The highest BCUT2D eigenvalue weighted by atomic mass is 16.4. The van der Waals surface area contributed by atoms with E-state index in [4.69, 9.17) is 5.11 Å². The standard InChI is InChI=1S/C16H15N5O3/c1-11(16(23)24)10-14(22)20-21-15(12-6-2-4-8-17-12)19-13-7-3-5-9-18-13/h2-9H,1,10H2,(H,20,22)(H,23,24)(H,18,19,21). The van der Waals surface area contributed by atoms with Crippen molar-refractivity contribution in [1.29, 1.82) is 0 Å². The molecule has 0 aliphatic heterocycles. The molecule has 0 saturated heterocycles. The van der Waals surface area contributed by atoms with Crippen LogP contribution in [0, 0.1) is 0 Å². The number of hydrazine groups is 1. The number of amidine groups is 1. The molecule has 2 aromatic heterocycles. The lowest BCUT2D eigenvalue weighted by Gasteiger charge is -2.11. The van der Waals surface area contributed by atoms with E-state index >= 15 is 0 Å². The van der Waals surface area contributed by atoms with Crippen LogP contribution in [0.5, 0.6) is 0 Å². The van der Waals surface area contributed by atoms with Gasteiger partial charge in [0.2, 0.25) is 5.91 Å². The molecule has 0 aromatic carbocycles. The fraction of sp³-hybridized carbons (Fsp3) is 0.0625. The van der Waals surface area contributed by atoms with Crippen LogP contribution in [0.25, 0.3) is 0 Å². The van der Waals surface area contributed by atoms with Crippen molar-refractivity contribution >= 4 is 23.5 Å². The van der Waals surface area contributed by atoms with Crippen LogP contribution in [0.3, 0.4) is 0 Å². The average molecular weight is 325 g/mol. The van der Waals surface area contributed by atoms with Crippen LogP contribution in [0.1, 0.15) is 12.1 Å². The lowest BCUT2D eigenvalue weighted by molar-refractivity contribution is -0.134. The summed E-state index contributed by atoms with van der Waals surface area (Å²) in [5.41, 5.74) is 5.29. The molecule has 3 N–H and O–H groups in total. The zero-order valence-electron chi connectivity index (χ0n) is 12.6. The Morgan fingerprint density at radius 3 is 2.38 bits per heavy atom. The first-order chi connectivity index (χ1) is 11.6. The smallest absolute Gasteiger partial charge is 0.331 e. The SMILES string of the molecule is C=C(CC(=O)NN/C(=N\c1ccccn1)c1ccccn1)C(=O)O. The van der Waals surface area contributed by atoms with Crippen LogP contribution >= 0.6 is 0 Å². The van der Waals surface area contributed by atoms with E-state index in [1.54, 1.807) is 48.8 Å². The summed E-state index contributed by atoms with van der Waals surface area (Å²) < 4.78 is 0. The number of hydrogen-bond donors (Lipinski definition) is 3. The summed E-state index contributed by atoms with van der Waals surface area (Å²) in [6.45, 7) is 3.31. The fourth-order valence-corrected chi connectivity index (χ4v) is 1.63. The third-order valence-corrected chi connectivity index (χ3v) is 2.78. The van der Waals surface area contributed by atoms with Gasteiger partial charge in [0, 0.05) is 18.0 Å². The monoisotopic (exact) mass is 325 g/mol. The second-order valence-corrected chi connectivity index (χ2v) is 4.62. The highest BCUT2D eigenvalue weighted by molar-refractivity contribution is 6.00. The number of aliphatic imine (C=N–C) groups is 1. The molecule has 0 saturated carbocycles. The van der Waals surface area contributed by atoms with Crippen LogP contribution in [0.2, 0.25) is 0 Å². The van der Waals surface area contributed by atoms with Gasteiger partial charge in [0.05, 0.1) is 6.42 Å². The summed E-state index contributed by atoms with van der Waals surface area (Å²) in [4.78, 5) is 35.0. The molecule has 8 nitrogen and oxygen atoms in total. The van der Waals surface area contributed by atoms with Crippen molar-refractivity contribution in [3.8, 4) is 0 Å². The Morgan fingerprint density at radius 2 is 1.79 bits per heavy atom. The topological polar surface area (TPSA) is 117 Å². The summed E-state index contributed by atoms with van der Waals surface area (Å²) in [5, 5.41) is 8.74. The first-order valence-corrected chi connectivity index (χ1v) is 6.93. The molecule has 0 spiro atoms. The van der Waals surface area contributed by atoms with Crippen molar-refractivity contribution in [2.75, 3.05) is 0 Å². The molecule has 1 amide bonds. The number of carboxylic acids is 1. The quantitative estimate of drug-likeness (QED) is 0.329. The van der Waals surface area contributed by atoms with Gasteiger partial charge in [0.25, 0.3) is 0 Å². The molecule has 0 radical (unpaired) electrons. The lowest BCUT2D eigenvalue weighted by Crippen LogP contribution is -2.42. The summed E-state index contributed by atoms with van der Waals surface area (Å²) in [7, 11) is 0. The van der Waals surface area contributed by atoms with Gasteiger partial charge in [-0.3, -0.25) is 20.6 Å². The van der Waals surface area contributed by atoms with E-state index in [-0.39, 0.29) is 17.8 Å². The minimum Gasteiger partial charge on any atom is -0.478 e. The second kappa shape index (κ2) is 8.18. The molecular weight excluding hydrogens is 310 g/mol. The van der Waals surface area contributed by atoms with Gasteiger partial charge in [0.15, 0.2) is 11.7 Å². The van der Waals surface area contributed by atoms with Crippen LogP contribution in [-0.2, 0) is 9.59 Å². The predicted molar refractivity (Wildman–Crippen MR) is 87.3 cm³/mol. The van der Waals surface area contributed by atoms with Crippen LogP contribution in [0.4, 0.5) is 5.82 Å². The molecule has 122 valence electrons. The van der Waals surface area contributed by atoms with Crippen molar-refractivity contribution in [2.45, 2.75) is 6.42 Å². The number of carboxylic acid groups (broad SMARTS) is 1.